The minimum absolute atomic E-state index is 0.913. The normalized spacial score (nSPS) is 12.5. The first-order valence-corrected chi connectivity index (χ1v) is 11.8. The van der Waals surface area contributed by atoms with Crippen LogP contribution in [-0.2, 0) is 0 Å². The molecule has 8 rings (SSSR count). The maximum Gasteiger partial charge on any atom is 0.163 e. The lowest BCUT2D eigenvalue weighted by Gasteiger charge is -2.08. The van der Waals surface area contributed by atoms with Gasteiger partial charge in [-0.15, -0.1) is 22.7 Å². The topological polar surface area (TPSA) is 30.2 Å². The third kappa shape index (κ3) is 1.98. The maximum absolute atomic E-state index is 4.69. The van der Waals surface area contributed by atoms with Gasteiger partial charge in [-0.1, -0.05) is 30.3 Å². The molecule has 0 fully saturated rings. The molecule has 0 radical (unpaired) electrons. The quantitative estimate of drug-likeness (QED) is 0.230. The van der Waals surface area contributed by atoms with E-state index in [1.165, 1.54) is 56.6 Å². The summed E-state index contributed by atoms with van der Waals surface area (Å²) < 4.78 is 7.53. The lowest BCUT2D eigenvalue weighted by molar-refractivity contribution is 1.26. The molecule has 5 aromatic heterocycles. The Bertz CT molecular complexity index is 2010. The standard InChI is InChI=1S/C26H13N3S2/c1-2-6-20-14(4-1)17-12-18-15-7-8-19-23(25(15)31-22(18)13-21(17)30-20)16-5-3-9-27-24(16)26-28-10-11-29(19)26/h1-13H. The molecule has 0 saturated carbocycles. The first-order chi connectivity index (χ1) is 15.4. The molecule has 0 saturated heterocycles. The van der Waals surface area contributed by atoms with Crippen LogP contribution in [0, 0.1) is 0 Å². The van der Waals surface area contributed by atoms with Crippen LogP contribution in [0.15, 0.2) is 79.3 Å². The van der Waals surface area contributed by atoms with Crippen molar-refractivity contribution in [2.45, 2.75) is 0 Å². The third-order valence-electron chi connectivity index (χ3n) is 6.31. The van der Waals surface area contributed by atoms with Crippen molar-refractivity contribution in [3.8, 4) is 0 Å². The van der Waals surface area contributed by atoms with Gasteiger partial charge < -0.3 is 0 Å². The van der Waals surface area contributed by atoms with Gasteiger partial charge in [0, 0.05) is 69.7 Å². The highest BCUT2D eigenvalue weighted by atomic mass is 32.1. The summed E-state index contributed by atoms with van der Waals surface area (Å²) in [5.41, 5.74) is 3.05. The molecule has 0 amide bonds. The van der Waals surface area contributed by atoms with Crippen LogP contribution in [0.5, 0.6) is 0 Å². The molecule has 0 bridgehead atoms. The summed E-state index contributed by atoms with van der Waals surface area (Å²) in [7, 11) is 0. The summed E-state index contributed by atoms with van der Waals surface area (Å²) in [4.78, 5) is 9.27. The van der Waals surface area contributed by atoms with Crippen LogP contribution in [0.1, 0.15) is 0 Å². The van der Waals surface area contributed by atoms with Crippen molar-refractivity contribution in [3.63, 3.8) is 0 Å². The molecule has 0 N–H and O–H groups in total. The monoisotopic (exact) mass is 431 g/mol. The fourth-order valence-corrected chi connectivity index (χ4v) is 7.45. The van der Waals surface area contributed by atoms with Crippen LogP contribution < -0.4 is 0 Å². The number of aromatic nitrogens is 3. The Kier molecular flexibility index (Phi) is 2.91. The highest BCUT2D eigenvalue weighted by molar-refractivity contribution is 7.28. The summed E-state index contributed by atoms with van der Waals surface area (Å²) in [5.74, 6) is 0. The number of nitrogens with zero attached hydrogens (tertiary/aromatic N) is 3. The molecule has 3 aromatic carbocycles. The van der Waals surface area contributed by atoms with Crippen LogP contribution in [0.2, 0.25) is 0 Å². The SMILES string of the molecule is c1ccc2c(c1)sc1cc3sc4c(ccc5c4c4cccnc4c4nccn54)c3cc12. The predicted molar refractivity (Wildman–Crippen MR) is 134 cm³/mol. The van der Waals surface area contributed by atoms with Gasteiger partial charge >= 0.3 is 0 Å². The smallest absolute Gasteiger partial charge is 0.163 e. The van der Waals surface area contributed by atoms with E-state index < -0.39 is 0 Å². The van der Waals surface area contributed by atoms with Crippen molar-refractivity contribution in [2.75, 3.05) is 0 Å². The number of hydrogen-bond donors (Lipinski definition) is 0. The van der Waals surface area contributed by atoms with E-state index in [1.807, 2.05) is 47.3 Å². The third-order valence-corrected chi connectivity index (χ3v) is 8.63. The minimum Gasteiger partial charge on any atom is -0.298 e. The molecule has 3 nitrogen and oxygen atoms in total. The van der Waals surface area contributed by atoms with Crippen LogP contribution in [0.4, 0.5) is 0 Å². The molecule has 0 atom stereocenters. The van der Waals surface area contributed by atoms with Gasteiger partial charge in [-0.2, -0.15) is 0 Å². The Morgan fingerprint density at radius 3 is 2.52 bits per heavy atom. The summed E-state index contributed by atoms with van der Waals surface area (Å²) in [5, 5.41) is 7.78. The van der Waals surface area contributed by atoms with Gasteiger partial charge in [0.05, 0.1) is 5.52 Å². The largest absolute Gasteiger partial charge is 0.298 e. The average Bonchev–Trinajstić information content (AvgIpc) is 3.52. The number of benzene rings is 3. The Labute approximate surface area is 183 Å². The van der Waals surface area contributed by atoms with E-state index in [1.54, 1.807) is 0 Å². The van der Waals surface area contributed by atoms with Crippen molar-refractivity contribution >= 4 is 90.5 Å². The highest BCUT2D eigenvalue weighted by Crippen LogP contribution is 2.45. The lowest BCUT2D eigenvalue weighted by atomic mass is 10.0. The number of rotatable bonds is 0. The summed E-state index contributed by atoms with van der Waals surface area (Å²) in [6, 6.07) is 22.2. The van der Waals surface area contributed by atoms with E-state index in [9.17, 15) is 0 Å². The zero-order valence-electron chi connectivity index (χ0n) is 16.2. The van der Waals surface area contributed by atoms with Crippen LogP contribution in [0.25, 0.3) is 67.8 Å². The van der Waals surface area contributed by atoms with E-state index in [0.717, 1.165) is 11.2 Å². The van der Waals surface area contributed by atoms with E-state index in [4.69, 9.17) is 0 Å². The number of hydrogen-bond acceptors (Lipinski definition) is 4. The average molecular weight is 432 g/mol. The molecular weight excluding hydrogens is 418 g/mol. The van der Waals surface area contributed by atoms with E-state index in [2.05, 4.69) is 69.0 Å². The van der Waals surface area contributed by atoms with Gasteiger partial charge in [0.15, 0.2) is 5.65 Å². The molecule has 0 spiro atoms. The Morgan fingerprint density at radius 1 is 0.645 bits per heavy atom. The summed E-state index contributed by atoms with van der Waals surface area (Å²) >= 11 is 3.77. The van der Waals surface area contributed by atoms with E-state index in [-0.39, 0.29) is 0 Å². The van der Waals surface area contributed by atoms with Crippen molar-refractivity contribution in [2.24, 2.45) is 0 Å². The van der Waals surface area contributed by atoms with Gasteiger partial charge in [-0.25, -0.2) is 4.98 Å². The van der Waals surface area contributed by atoms with Crippen molar-refractivity contribution in [1.82, 2.24) is 14.4 Å². The van der Waals surface area contributed by atoms with Crippen LogP contribution in [-0.4, -0.2) is 14.4 Å². The predicted octanol–water partition coefficient (Wildman–Crippen LogP) is 7.77. The molecule has 31 heavy (non-hydrogen) atoms. The molecule has 0 aliphatic carbocycles. The van der Waals surface area contributed by atoms with Crippen molar-refractivity contribution < 1.29 is 0 Å². The van der Waals surface area contributed by atoms with Crippen molar-refractivity contribution in [3.05, 3.63) is 79.3 Å². The molecule has 0 aliphatic rings. The zero-order chi connectivity index (χ0) is 20.1. The molecular formula is C26H13N3S2. The number of pyridine rings is 2. The molecule has 5 heteroatoms. The first kappa shape index (κ1) is 16.2. The number of imidazole rings is 1. The highest BCUT2D eigenvalue weighted by Gasteiger charge is 2.17. The van der Waals surface area contributed by atoms with Gasteiger partial charge in [-0.3, -0.25) is 9.38 Å². The zero-order valence-corrected chi connectivity index (χ0v) is 17.8. The minimum atomic E-state index is 0.913. The Hall–Kier alpha value is -3.54. The van der Waals surface area contributed by atoms with E-state index >= 15 is 0 Å². The number of thiophene rings is 2. The second kappa shape index (κ2) is 5.58. The maximum atomic E-state index is 4.69. The van der Waals surface area contributed by atoms with Gasteiger partial charge in [0.25, 0.3) is 0 Å². The fraction of sp³-hybridized carbons (Fsp3) is 0. The second-order valence-corrected chi connectivity index (χ2v) is 10.0. The fourth-order valence-electron chi connectivity index (χ4n) is 4.97. The van der Waals surface area contributed by atoms with Gasteiger partial charge in [-0.05, 0) is 30.3 Å². The Morgan fingerprint density at radius 2 is 1.52 bits per heavy atom. The van der Waals surface area contributed by atoms with Gasteiger partial charge in [0.2, 0.25) is 0 Å². The Balaban J connectivity index is 1.62. The first-order valence-electron chi connectivity index (χ1n) is 10.2. The lowest BCUT2D eigenvalue weighted by Crippen LogP contribution is -1.92. The molecule has 8 aromatic rings. The summed E-state index contributed by atoms with van der Waals surface area (Å²) in [6.07, 6.45) is 5.75. The van der Waals surface area contributed by atoms with Crippen LogP contribution >= 0.6 is 22.7 Å². The molecule has 5 heterocycles. The van der Waals surface area contributed by atoms with E-state index in [0.29, 0.717) is 0 Å². The molecule has 0 aliphatic heterocycles. The van der Waals surface area contributed by atoms with Crippen LogP contribution in [0.3, 0.4) is 0 Å². The molecule has 0 unspecified atom stereocenters. The summed E-state index contributed by atoms with van der Waals surface area (Å²) in [6.45, 7) is 0. The number of fused-ring (bicyclic) bond motifs is 13. The van der Waals surface area contributed by atoms with Gasteiger partial charge in [0.1, 0.15) is 5.52 Å². The second-order valence-electron chi connectivity index (χ2n) is 7.90. The van der Waals surface area contributed by atoms with Crippen molar-refractivity contribution in [1.29, 1.82) is 0 Å². The molecule has 144 valence electrons.